The molecule has 1 aromatic rings. The van der Waals surface area contributed by atoms with E-state index in [2.05, 4.69) is 15.9 Å². The fourth-order valence-electron chi connectivity index (χ4n) is 1.12. The molecule has 0 aliphatic carbocycles. The Hall–Kier alpha value is -1.07. The second-order valence-electron chi connectivity index (χ2n) is 2.84. The molecule has 76 valence electrons. The van der Waals surface area contributed by atoms with Crippen LogP contribution in [0.2, 0.25) is 0 Å². The van der Waals surface area contributed by atoms with Gasteiger partial charge >= 0.3 is 5.97 Å². The summed E-state index contributed by atoms with van der Waals surface area (Å²) in [5.41, 5.74) is 5.91. The Morgan fingerprint density at radius 3 is 2.64 bits per heavy atom. The summed E-state index contributed by atoms with van der Waals surface area (Å²) in [4.78, 5) is 10.8. The van der Waals surface area contributed by atoms with Gasteiger partial charge < -0.3 is 15.9 Å². The van der Waals surface area contributed by atoms with Gasteiger partial charge in [0.2, 0.25) is 0 Å². The molecular formula is C9H10BrNO3. The van der Waals surface area contributed by atoms with E-state index in [0.717, 1.165) is 0 Å². The third-order valence-electron chi connectivity index (χ3n) is 1.91. The molecule has 0 fully saturated rings. The lowest BCUT2D eigenvalue weighted by Gasteiger charge is -2.10. The largest absolute Gasteiger partial charge is 0.507 e. The summed E-state index contributed by atoms with van der Waals surface area (Å²) >= 11 is 3.11. The van der Waals surface area contributed by atoms with Gasteiger partial charge in [0.25, 0.3) is 0 Å². The summed E-state index contributed by atoms with van der Waals surface area (Å²) in [6.45, 7) is 0.0343. The molecule has 1 unspecified atom stereocenters. The van der Waals surface area contributed by atoms with Gasteiger partial charge in [-0.05, 0) is 33.6 Å². The van der Waals surface area contributed by atoms with Crippen LogP contribution < -0.4 is 5.73 Å². The standard InChI is InChI=1S/C9H10BrNO3/c10-7-3-5(1-2-8(7)12)6(4-11)9(13)14/h1-3,6,12H,4,11H2,(H,13,14). The Labute approximate surface area is 89.5 Å². The van der Waals surface area contributed by atoms with Crippen LogP contribution >= 0.6 is 15.9 Å². The van der Waals surface area contributed by atoms with E-state index >= 15 is 0 Å². The Bertz CT molecular complexity index is 354. The third-order valence-corrected chi connectivity index (χ3v) is 2.54. The zero-order valence-electron chi connectivity index (χ0n) is 7.27. The molecule has 0 saturated carbocycles. The molecule has 0 amide bonds. The molecule has 0 saturated heterocycles. The van der Waals surface area contributed by atoms with E-state index in [1.54, 1.807) is 12.1 Å². The molecule has 0 aliphatic heterocycles. The molecule has 1 rings (SSSR count). The second-order valence-corrected chi connectivity index (χ2v) is 3.69. The van der Waals surface area contributed by atoms with Crippen LogP contribution in [-0.2, 0) is 4.79 Å². The van der Waals surface area contributed by atoms with Gasteiger partial charge in [-0.15, -0.1) is 0 Å². The normalized spacial score (nSPS) is 12.4. The number of rotatable bonds is 3. The van der Waals surface area contributed by atoms with Crippen molar-refractivity contribution in [2.45, 2.75) is 5.92 Å². The first-order valence-electron chi connectivity index (χ1n) is 3.97. The van der Waals surface area contributed by atoms with E-state index in [0.29, 0.717) is 10.0 Å². The van der Waals surface area contributed by atoms with Crippen LogP contribution in [0.1, 0.15) is 11.5 Å². The van der Waals surface area contributed by atoms with Crippen LogP contribution in [0.15, 0.2) is 22.7 Å². The molecule has 0 aromatic heterocycles. The number of halogens is 1. The van der Waals surface area contributed by atoms with Gasteiger partial charge in [0.1, 0.15) is 5.75 Å². The number of phenols is 1. The fraction of sp³-hybridized carbons (Fsp3) is 0.222. The summed E-state index contributed by atoms with van der Waals surface area (Å²) < 4.78 is 0.467. The highest BCUT2D eigenvalue weighted by Gasteiger charge is 2.18. The molecule has 0 heterocycles. The molecule has 0 aliphatic rings. The van der Waals surface area contributed by atoms with Crippen molar-refractivity contribution < 1.29 is 15.0 Å². The first-order valence-corrected chi connectivity index (χ1v) is 4.77. The number of aromatic hydroxyl groups is 1. The van der Waals surface area contributed by atoms with E-state index in [4.69, 9.17) is 10.8 Å². The highest BCUT2D eigenvalue weighted by atomic mass is 79.9. The maximum atomic E-state index is 10.8. The fourth-order valence-corrected chi connectivity index (χ4v) is 1.52. The van der Waals surface area contributed by atoms with E-state index in [9.17, 15) is 9.90 Å². The molecule has 0 bridgehead atoms. The minimum atomic E-state index is -0.968. The van der Waals surface area contributed by atoms with Crippen molar-refractivity contribution in [3.8, 4) is 5.75 Å². The lowest BCUT2D eigenvalue weighted by molar-refractivity contribution is -0.138. The van der Waals surface area contributed by atoms with Crippen LogP contribution in [0, 0.1) is 0 Å². The van der Waals surface area contributed by atoms with Gasteiger partial charge in [0.15, 0.2) is 0 Å². The van der Waals surface area contributed by atoms with E-state index in [1.165, 1.54) is 6.07 Å². The number of carboxylic acid groups (broad SMARTS) is 1. The van der Waals surface area contributed by atoms with Crippen molar-refractivity contribution in [2.24, 2.45) is 5.73 Å². The minimum absolute atomic E-state index is 0.0343. The molecule has 14 heavy (non-hydrogen) atoms. The summed E-state index contributed by atoms with van der Waals surface area (Å²) in [5, 5.41) is 18.0. The van der Waals surface area contributed by atoms with Crippen molar-refractivity contribution >= 4 is 21.9 Å². The Kier molecular flexibility index (Phi) is 3.49. The number of phenolic OH excluding ortho intramolecular Hbond substituents is 1. The Morgan fingerprint density at radius 2 is 2.21 bits per heavy atom. The lowest BCUT2D eigenvalue weighted by Crippen LogP contribution is -2.20. The van der Waals surface area contributed by atoms with Crippen LogP contribution in [-0.4, -0.2) is 22.7 Å². The number of hydrogen-bond donors (Lipinski definition) is 3. The predicted octanol–water partition coefficient (Wildman–Crippen LogP) is 1.28. The Balaban J connectivity index is 3.06. The maximum Gasteiger partial charge on any atom is 0.312 e. The number of hydrogen-bond acceptors (Lipinski definition) is 3. The van der Waals surface area contributed by atoms with Crippen molar-refractivity contribution in [2.75, 3.05) is 6.54 Å². The number of aliphatic carboxylic acids is 1. The molecule has 1 aromatic carbocycles. The zero-order chi connectivity index (χ0) is 10.7. The van der Waals surface area contributed by atoms with Crippen LogP contribution in [0.3, 0.4) is 0 Å². The van der Waals surface area contributed by atoms with Gasteiger partial charge in [-0.2, -0.15) is 0 Å². The summed E-state index contributed by atoms with van der Waals surface area (Å²) in [5.74, 6) is -1.62. The number of benzene rings is 1. The Morgan fingerprint density at radius 1 is 1.57 bits per heavy atom. The van der Waals surface area contributed by atoms with Crippen molar-refractivity contribution in [1.82, 2.24) is 0 Å². The maximum absolute atomic E-state index is 10.8. The van der Waals surface area contributed by atoms with Crippen molar-refractivity contribution in [3.63, 3.8) is 0 Å². The van der Waals surface area contributed by atoms with Crippen molar-refractivity contribution in [1.29, 1.82) is 0 Å². The predicted molar refractivity (Wildman–Crippen MR) is 55.2 cm³/mol. The second kappa shape index (κ2) is 4.43. The van der Waals surface area contributed by atoms with E-state index in [1.807, 2.05) is 0 Å². The molecule has 1 atom stereocenters. The monoisotopic (exact) mass is 259 g/mol. The van der Waals surface area contributed by atoms with Gasteiger partial charge in [0.05, 0.1) is 10.4 Å². The lowest BCUT2D eigenvalue weighted by atomic mass is 9.99. The van der Waals surface area contributed by atoms with Crippen LogP contribution in [0.4, 0.5) is 0 Å². The van der Waals surface area contributed by atoms with Crippen LogP contribution in [0.25, 0.3) is 0 Å². The topological polar surface area (TPSA) is 83.6 Å². The summed E-state index contributed by atoms with van der Waals surface area (Å²) in [7, 11) is 0. The first kappa shape index (κ1) is 11.0. The molecular weight excluding hydrogens is 250 g/mol. The number of carbonyl (C=O) groups is 1. The first-order chi connectivity index (χ1) is 6.56. The summed E-state index contributed by atoms with van der Waals surface area (Å²) in [6.07, 6.45) is 0. The molecule has 0 spiro atoms. The average Bonchev–Trinajstić information content (AvgIpc) is 2.11. The molecule has 0 radical (unpaired) electrons. The minimum Gasteiger partial charge on any atom is -0.507 e. The molecule has 4 nitrogen and oxygen atoms in total. The van der Waals surface area contributed by atoms with Gasteiger partial charge in [0, 0.05) is 6.54 Å². The van der Waals surface area contributed by atoms with Crippen LogP contribution in [0.5, 0.6) is 5.75 Å². The number of carboxylic acids is 1. The number of nitrogens with two attached hydrogens (primary N) is 1. The smallest absolute Gasteiger partial charge is 0.312 e. The quantitative estimate of drug-likeness (QED) is 0.764. The zero-order valence-corrected chi connectivity index (χ0v) is 8.86. The van der Waals surface area contributed by atoms with E-state index in [-0.39, 0.29) is 12.3 Å². The highest BCUT2D eigenvalue weighted by Crippen LogP contribution is 2.27. The highest BCUT2D eigenvalue weighted by molar-refractivity contribution is 9.10. The van der Waals surface area contributed by atoms with Gasteiger partial charge in [-0.25, -0.2) is 0 Å². The van der Waals surface area contributed by atoms with Gasteiger partial charge in [-0.3, -0.25) is 4.79 Å². The third kappa shape index (κ3) is 2.24. The molecule has 5 heteroatoms. The van der Waals surface area contributed by atoms with E-state index < -0.39 is 11.9 Å². The SMILES string of the molecule is NCC(C(=O)O)c1ccc(O)c(Br)c1. The molecule has 4 N–H and O–H groups in total. The van der Waals surface area contributed by atoms with Crippen molar-refractivity contribution in [3.05, 3.63) is 28.2 Å². The summed E-state index contributed by atoms with van der Waals surface area (Å²) in [6, 6.07) is 4.54. The average molecular weight is 260 g/mol. The van der Waals surface area contributed by atoms with Gasteiger partial charge in [-0.1, -0.05) is 6.07 Å².